The van der Waals surface area contributed by atoms with E-state index >= 15 is 0 Å². The van der Waals surface area contributed by atoms with Gasteiger partial charge in [0.2, 0.25) is 17.1 Å². The third kappa shape index (κ3) is 4.19. The largest absolute Gasteiger partial charge is 0.502 e. The van der Waals surface area contributed by atoms with Crippen molar-refractivity contribution in [1.82, 2.24) is 9.88 Å². The standard InChI is InChI=1S/C28H28N2O6/c1-16-12-24(31)27(33)28(36-16)21(20-9-8-17(34-2)13-25(20)35-3)14-26(32)30-11-10-19-18-6-4-5-7-22(18)29-23(19)15-30/h4-9,12-13,21,29,33H,10-11,14-15H2,1-3H3/t21-/m0/s1. The molecule has 0 unspecified atom stereocenters. The maximum absolute atomic E-state index is 13.6. The first-order valence-electron chi connectivity index (χ1n) is 11.8. The van der Waals surface area contributed by atoms with Gasteiger partial charge in [0.05, 0.1) is 26.7 Å². The molecule has 1 aliphatic heterocycles. The van der Waals surface area contributed by atoms with Crippen LogP contribution in [-0.2, 0) is 17.8 Å². The molecule has 2 N–H and O–H groups in total. The fraction of sp³-hybridized carbons (Fsp3) is 0.286. The number of aromatic nitrogens is 1. The van der Waals surface area contributed by atoms with Crippen LogP contribution in [0.25, 0.3) is 10.9 Å². The molecule has 186 valence electrons. The topological polar surface area (TPSA) is 105 Å². The second kappa shape index (κ2) is 9.45. The fourth-order valence-electron chi connectivity index (χ4n) is 5.02. The van der Waals surface area contributed by atoms with Crippen molar-refractivity contribution in [3.8, 4) is 17.2 Å². The highest BCUT2D eigenvalue weighted by molar-refractivity contribution is 5.86. The number of aromatic amines is 1. The van der Waals surface area contributed by atoms with E-state index in [1.165, 1.54) is 24.1 Å². The van der Waals surface area contributed by atoms with Gasteiger partial charge in [0.25, 0.3) is 0 Å². The van der Waals surface area contributed by atoms with E-state index in [4.69, 9.17) is 13.9 Å². The Morgan fingerprint density at radius 2 is 1.97 bits per heavy atom. The van der Waals surface area contributed by atoms with Crippen LogP contribution in [0.3, 0.4) is 0 Å². The lowest BCUT2D eigenvalue weighted by molar-refractivity contribution is -0.132. The van der Waals surface area contributed by atoms with Crippen LogP contribution >= 0.6 is 0 Å². The number of nitrogens with zero attached hydrogens (tertiary/aromatic N) is 1. The number of aryl methyl sites for hydroxylation is 1. The minimum Gasteiger partial charge on any atom is -0.502 e. The summed E-state index contributed by atoms with van der Waals surface area (Å²) in [6.07, 6.45) is 0.727. The Morgan fingerprint density at radius 3 is 2.75 bits per heavy atom. The Balaban J connectivity index is 1.51. The average molecular weight is 489 g/mol. The van der Waals surface area contributed by atoms with E-state index < -0.39 is 17.1 Å². The second-order valence-corrected chi connectivity index (χ2v) is 8.99. The molecule has 0 spiro atoms. The predicted octanol–water partition coefficient (Wildman–Crippen LogP) is 4.26. The van der Waals surface area contributed by atoms with Crippen molar-refractivity contribution < 1.29 is 23.8 Å². The minimum absolute atomic E-state index is 0.0157. The SMILES string of the molecule is COc1ccc([C@H](CC(=O)N2CCc3c([nH]c4ccccc34)C2)c2oc(C)cc(=O)c2O)c(OC)c1. The van der Waals surface area contributed by atoms with E-state index in [0.29, 0.717) is 35.9 Å². The van der Waals surface area contributed by atoms with E-state index in [1.54, 1.807) is 37.1 Å². The number of benzene rings is 2. The van der Waals surface area contributed by atoms with Crippen LogP contribution in [-0.4, -0.2) is 41.7 Å². The number of ether oxygens (including phenoxy) is 2. The first kappa shape index (κ1) is 23.5. The van der Waals surface area contributed by atoms with Crippen molar-refractivity contribution in [2.45, 2.75) is 32.2 Å². The van der Waals surface area contributed by atoms with Crippen molar-refractivity contribution in [2.75, 3.05) is 20.8 Å². The van der Waals surface area contributed by atoms with Crippen molar-refractivity contribution in [2.24, 2.45) is 0 Å². The quantitative estimate of drug-likeness (QED) is 0.420. The van der Waals surface area contributed by atoms with Gasteiger partial charge in [-0.25, -0.2) is 0 Å². The van der Waals surface area contributed by atoms with Gasteiger partial charge in [-0.1, -0.05) is 24.3 Å². The maximum atomic E-state index is 13.6. The number of rotatable bonds is 6. The van der Waals surface area contributed by atoms with Crippen molar-refractivity contribution in [1.29, 1.82) is 0 Å². The van der Waals surface area contributed by atoms with Gasteiger partial charge in [0, 0.05) is 47.3 Å². The molecule has 0 radical (unpaired) electrons. The highest BCUT2D eigenvalue weighted by Crippen LogP contribution is 2.40. The molecule has 36 heavy (non-hydrogen) atoms. The highest BCUT2D eigenvalue weighted by atomic mass is 16.5. The third-order valence-corrected chi connectivity index (χ3v) is 6.82. The molecule has 0 saturated carbocycles. The number of hydrogen-bond donors (Lipinski definition) is 2. The lowest BCUT2D eigenvalue weighted by atomic mass is 9.90. The van der Waals surface area contributed by atoms with Crippen LogP contribution < -0.4 is 14.9 Å². The molecule has 1 amide bonds. The smallest absolute Gasteiger partial charge is 0.227 e. The maximum Gasteiger partial charge on any atom is 0.227 e. The van der Waals surface area contributed by atoms with Crippen molar-refractivity contribution in [3.63, 3.8) is 0 Å². The van der Waals surface area contributed by atoms with Crippen LogP contribution in [0.1, 0.15) is 40.7 Å². The summed E-state index contributed by atoms with van der Waals surface area (Å²) in [5.74, 6) is 0.0670. The number of aromatic hydroxyl groups is 1. The Labute approximate surface area is 208 Å². The number of H-pyrrole nitrogens is 1. The average Bonchev–Trinajstić information content (AvgIpc) is 3.27. The zero-order valence-corrected chi connectivity index (χ0v) is 20.5. The van der Waals surface area contributed by atoms with Gasteiger partial charge in [0.1, 0.15) is 17.3 Å². The Morgan fingerprint density at radius 1 is 1.17 bits per heavy atom. The van der Waals surface area contributed by atoms with Crippen LogP contribution in [0.5, 0.6) is 17.2 Å². The van der Waals surface area contributed by atoms with Crippen LogP contribution in [0.4, 0.5) is 0 Å². The van der Waals surface area contributed by atoms with Crippen molar-refractivity contribution >= 4 is 16.8 Å². The minimum atomic E-state index is -0.741. The highest BCUT2D eigenvalue weighted by Gasteiger charge is 2.32. The summed E-state index contributed by atoms with van der Waals surface area (Å²) in [7, 11) is 3.07. The van der Waals surface area contributed by atoms with Crippen LogP contribution in [0.15, 0.2) is 57.7 Å². The first-order valence-corrected chi connectivity index (χ1v) is 11.8. The van der Waals surface area contributed by atoms with Gasteiger partial charge in [0.15, 0.2) is 5.76 Å². The van der Waals surface area contributed by atoms with E-state index in [-0.39, 0.29) is 18.1 Å². The summed E-state index contributed by atoms with van der Waals surface area (Å²) in [6, 6.07) is 14.6. The molecular weight excluding hydrogens is 460 g/mol. The number of para-hydroxylation sites is 1. The van der Waals surface area contributed by atoms with Gasteiger partial charge in [-0.3, -0.25) is 9.59 Å². The molecular formula is C28H28N2O6. The number of amides is 1. The molecule has 2 aromatic carbocycles. The summed E-state index contributed by atoms with van der Waals surface area (Å²) in [5.41, 5.74) is 3.38. The zero-order chi connectivity index (χ0) is 25.4. The molecule has 0 saturated heterocycles. The van der Waals surface area contributed by atoms with Crippen LogP contribution in [0.2, 0.25) is 0 Å². The summed E-state index contributed by atoms with van der Waals surface area (Å²) >= 11 is 0. The molecule has 8 nitrogen and oxygen atoms in total. The summed E-state index contributed by atoms with van der Waals surface area (Å²) in [6.45, 7) is 2.67. The van der Waals surface area contributed by atoms with Crippen LogP contribution in [0, 0.1) is 6.92 Å². The lowest BCUT2D eigenvalue weighted by Crippen LogP contribution is -2.36. The van der Waals surface area contributed by atoms with Gasteiger partial charge in [-0.15, -0.1) is 0 Å². The monoisotopic (exact) mass is 488 g/mol. The van der Waals surface area contributed by atoms with Gasteiger partial charge >= 0.3 is 0 Å². The second-order valence-electron chi connectivity index (χ2n) is 8.99. The Hall–Kier alpha value is -4.20. The predicted molar refractivity (Wildman–Crippen MR) is 135 cm³/mol. The normalized spacial score (nSPS) is 13.9. The molecule has 8 heteroatoms. The van der Waals surface area contributed by atoms with E-state index in [9.17, 15) is 14.7 Å². The summed E-state index contributed by atoms with van der Waals surface area (Å²) < 4.78 is 16.7. The lowest BCUT2D eigenvalue weighted by Gasteiger charge is -2.29. The van der Waals surface area contributed by atoms with E-state index in [0.717, 1.165) is 17.6 Å². The molecule has 0 bridgehead atoms. The van der Waals surface area contributed by atoms with Crippen molar-refractivity contribution in [3.05, 3.63) is 87.1 Å². The molecule has 1 aliphatic rings. The number of carbonyl (C=O) groups excluding carboxylic acids is 1. The zero-order valence-electron chi connectivity index (χ0n) is 20.5. The Kier molecular flexibility index (Phi) is 6.18. The van der Waals surface area contributed by atoms with Gasteiger partial charge < -0.3 is 28.9 Å². The molecule has 0 aliphatic carbocycles. The summed E-state index contributed by atoms with van der Waals surface area (Å²) in [4.78, 5) is 31.3. The first-order chi connectivity index (χ1) is 17.4. The van der Waals surface area contributed by atoms with Gasteiger partial charge in [-0.2, -0.15) is 0 Å². The molecule has 3 heterocycles. The number of hydrogen-bond acceptors (Lipinski definition) is 6. The summed E-state index contributed by atoms with van der Waals surface area (Å²) in [5, 5.41) is 11.8. The molecule has 1 atom stereocenters. The fourth-order valence-corrected chi connectivity index (χ4v) is 5.02. The molecule has 0 fully saturated rings. The molecule has 2 aromatic heterocycles. The number of carbonyl (C=O) groups is 1. The number of methoxy groups -OCH3 is 2. The number of fused-ring (bicyclic) bond motifs is 3. The van der Waals surface area contributed by atoms with E-state index in [1.807, 2.05) is 18.2 Å². The molecule has 4 aromatic rings. The van der Waals surface area contributed by atoms with Gasteiger partial charge in [-0.05, 0) is 31.0 Å². The Bertz CT molecular complexity index is 1500. The number of nitrogens with one attached hydrogen (secondary N) is 1. The third-order valence-electron chi connectivity index (χ3n) is 6.82. The molecule has 5 rings (SSSR count). The van der Waals surface area contributed by atoms with E-state index in [2.05, 4.69) is 11.1 Å².